The maximum atomic E-state index is 13.1. The summed E-state index contributed by atoms with van der Waals surface area (Å²) in [7, 11) is 0. The average molecular weight is 377 g/mol. The summed E-state index contributed by atoms with van der Waals surface area (Å²) >= 11 is 0. The zero-order valence-corrected chi connectivity index (χ0v) is 16.1. The predicted octanol–water partition coefficient (Wildman–Crippen LogP) is 3.86. The number of nitrogens with two attached hydrogens (primary N) is 2. The maximum Gasteiger partial charge on any atom is 0.184 e. The van der Waals surface area contributed by atoms with Crippen LogP contribution in [-0.4, -0.2) is 17.5 Å². The third kappa shape index (κ3) is 4.85. The van der Waals surface area contributed by atoms with Gasteiger partial charge in [-0.2, -0.15) is 0 Å². The van der Waals surface area contributed by atoms with Crippen LogP contribution in [0.5, 0.6) is 0 Å². The van der Waals surface area contributed by atoms with Crippen molar-refractivity contribution in [3.8, 4) is 0 Å². The molecule has 28 heavy (non-hydrogen) atoms. The topological polar surface area (TPSA) is 117 Å². The summed E-state index contributed by atoms with van der Waals surface area (Å²) in [5.74, 6) is 0.692. The second-order valence-corrected chi connectivity index (χ2v) is 7.58. The van der Waals surface area contributed by atoms with Gasteiger partial charge in [0.15, 0.2) is 5.78 Å². The molecule has 6 N–H and O–H groups in total. The van der Waals surface area contributed by atoms with Crippen LogP contribution in [0.25, 0.3) is 0 Å². The van der Waals surface area contributed by atoms with Crippen LogP contribution in [0.4, 0.5) is 0 Å². The molecule has 1 fully saturated rings. The number of amidine groups is 2. The van der Waals surface area contributed by atoms with Crippen molar-refractivity contribution < 1.29 is 4.79 Å². The standard InChI is InChI=1S/C23H28N4O/c24-22(25)17-9-5-15(6-10-17)13-19-3-1-2-4-20(21(19)28)14-16-7-11-18(12-8-16)23(26)27/h5,7,9-16H,1-4,6,8H2,(H3,24,25)(H3,26,27)/b19-13+,20-14+. The number of allylic oxidation sites excluding steroid dienone is 8. The van der Waals surface area contributed by atoms with E-state index in [0.717, 1.165) is 60.8 Å². The number of carbonyl (C=O) groups excluding carboxylic acids is 1. The van der Waals surface area contributed by atoms with E-state index in [1.54, 1.807) is 0 Å². The minimum atomic E-state index is 0.0839. The molecular formula is C23H28N4O. The van der Waals surface area contributed by atoms with Crippen molar-refractivity contribution in [2.75, 3.05) is 0 Å². The van der Waals surface area contributed by atoms with E-state index in [9.17, 15) is 4.79 Å². The molecule has 3 rings (SSSR count). The van der Waals surface area contributed by atoms with E-state index >= 15 is 0 Å². The van der Waals surface area contributed by atoms with Crippen molar-refractivity contribution in [2.45, 2.75) is 38.5 Å². The Morgan fingerprint density at radius 3 is 1.61 bits per heavy atom. The number of Topliss-reactive ketones (excluding diaryl/α,β-unsaturated/α-hetero) is 1. The molecule has 0 aromatic rings. The molecule has 3 aliphatic rings. The number of ketones is 1. The molecule has 0 aromatic heterocycles. The van der Waals surface area contributed by atoms with Crippen LogP contribution in [0.3, 0.4) is 0 Å². The zero-order chi connectivity index (χ0) is 20.1. The molecule has 5 heteroatoms. The highest BCUT2D eigenvalue weighted by Crippen LogP contribution is 2.29. The van der Waals surface area contributed by atoms with Crippen molar-refractivity contribution in [1.29, 1.82) is 10.8 Å². The lowest BCUT2D eigenvalue weighted by atomic mass is 9.89. The van der Waals surface area contributed by atoms with Gasteiger partial charge in [0.05, 0.1) is 0 Å². The highest BCUT2D eigenvalue weighted by atomic mass is 16.1. The predicted molar refractivity (Wildman–Crippen MR) is 114 cm³/mol. The molecule has 2 unspecified atom stereocenters. The molecule has 0 amide bonds. The summed E-state index contributed by atoms with van der Waals surface area (Å²) in [4.78, 5) is 13.1. The Hall–Kier alpha value is -2.95. The first-order valence-electron chi connectivity index (χ1n) is 9.85. The van der Waals surface area contributed by atoms with Crippen molar-refractivity contribution in [3.05, 3.63) is 70.9 Å². The fourth-order valence-electron chi connectivity index (χ4n) is 3.82. The fourth-order valence-corrected chi connectivity index (χ4v) is 3.82. The maximum absolute atomic E-state index is 13.1. The Kier molecular flexibility index (Phi) is 6.24. The van der Waals surface area contributed by atoms with Gasteiger partial charge in [0.1, 0.15) is 11.7 Å². The molecule has 2 atom stereocenters. The van der Waals surface area contributed by atoms with Crippen LogP contribution < -0.4 is 11.5 Å². The second-order valence-electron chi connectivity index (χ2n) is 7.58. The summed E-state index contributed by atoms with van der Waals surface area (Å²) in [5, 5.41) is 15.0. The number of rotatable bonds is 4. The van der Waals surface area contributed by atoms with Gasteiger partial charge in [-0.05, 0) is 61.5 Å². The highest BCUT2D eigenvalue weighted by Gasteiger charge is 2.21. The van der Waals surface area contributed by atoms with Crippen LogP contribution in [0.2, 0.25) is 0 Å². The minimum absolute atomic E-state index is 0.0839. The Morgan fingerprint density at radius 1 is 0.857 bits per heavy atom. The Labute approximate surface area is 166 Å². The minimum Gasteiger partial charge on any atom is -0.384 e. The smallest absolute Gasteiger partial charge is 0.184 e. The summed E-state index contributed by atoms with van der Waals surface area (Å²) in [6, 6.07) is 0. The summed E-state index contributed by atoms with van der Waals surface area (Å²) in [6.07, 6.45) is 21.1. The first-order valence-corrected chi connectivity index (χ1v) is 9.85. The van der Waals surface area contributed by atoms with Gasteiger partial charge in [-0.3, -0.25) is 15.6 Å². The Morgan fingerprint density at radius 2 is 1.29 bits per heavy atom. The lowest BCUT2D eigenvalue weighted by molar-refractivity contribution is -0.112. The van der Waals surface area contributed by atoms with Gasteiger partial charge in [-0.15, -0.1) is 0 Å². The highest BCUT2D eigenvalue weighted by molar-refractivity contribution is 6.08. The average Bonchev–Trinajstić information content (AvgIpc) is 2.85. The molecule has 0 spiro atoms. The summed E-state index contributed by atoms with van der Waals surface area (Å²) < 4.78 is 0. The van der Waals surface area contributed by atoms with Gasteiger partial charge >= 0.3 is 0 Å². The number of nitrogens with one attached hydrogen (secondary N) is 2. The first kappa shape index (κ1) is 19.8. The molecule has 0 aliphatic heterocycles. The normalized spacial score (nSPS) is 28.1. The van der Waals surface area contributed by atoms with Gasteiger partial charge in [-0.25, -0.2) is 0 Å². The van der Waals surface area contributed by atoms with Crippen LogP contribution in [0, 0.1) is 22.7 Å². The van der Waals surface area contributed by atoms with Crippen molar-refractivity contribution in [3.63, 3.8) is 0 Å². The van der Waals surface area contributed by atoms with Gasteiger partial charge in [-0.1, -0.05) is 48.6 Å². The van der Waals surface area contributed by atoms with E-state index in [1.165, 1.54) is 0 Å². The Balaban J connectivity index is 1.73. The molecular weight excluding hydrogens is 348 g/mol. The zero-order valence-electron chi connectivity index (χ0n) is 16.1. The van der Waals surface area contributed by atoms with Crippen LogP contribution in [0.15, 0.2) is 70.9 Å². The quantitative estimate of drug-likeness (QED) is 0.258. The largest absolute Gasteiger partial charge is 0.384 e. The molecule has 0 heterocycles. The van der Waals surface area contributed by atoms with E-state index in [1.807, 2.05) is 36.5 Å². The first-order chi connectivity index (χ1) is 13.4. The summed E-state index contributed by atoms with van der Waals surface area (Å²) in [5.41, 5.74) is 14.4. The Bertz CT molecular complexity index is 797. The summed E-state index contributed by atoms with van der Waals surface area (Å²) in [6.45, 7) is 0. The van der Waals surface area contributed by atoms with Crippen molar-refractivity contribution in [1.82, 2.24) is 0 Å². The number of hydrogen-bond acceptors (Lipinski definition) is 3. The van der Waals surface area contributed by atoms with E-state index in [2.05, 4.69) is 12.2 Å². The third-order valence-corrected chi connectivity index (χ3v) is 5.44. The van der Waals surface area contributed by atoms with Crippen LogP contribution in [-0.2, 0) is 4.79 Å². The van der Waals surface area contributed by atoms with E-state index < -0.39 is 0 Å². The van der Waals surface area contributed by atoms with Crippen molar-refractivity contribution >= 4 is 17.5 Å². The molecule has 5 nitrogen and oxygen atoms in total. The molecule has 3 aliphatic carbocycles. The molecule has 146 valence electrons. The second kappa shape index (κ2) is 8.83. The lowest BCUT2D eigenvalue weighted by Gasteiger charge is -2.16. The SMILES string of the molecule is N=C(N)C1=CCC(/C=C2\CCCC/C(=C\C3C=CC(C(=N)N)=CC3)C2=O)C=C1. The third-order valence-electron chi connectivity index (χ3n) is 5.44. The van der Waals surface area contributed by atoms with E-state index in [4.69, 9.17) is 22.3 Å². The number of carbonyl (C=O) groups is 1. The molecule has 0 aromatic carbocycles. The van der Waals surface area contributed by atoms with E-state index in [-0.39, 0.29) is 29.3 Å². The van der Waals surface area contributed by atoms with E-state index in [0.29, 0.717) is 0 Å². The fraction of sp³-hybridized carbons (Fsp3) is 0.348. The van der Waals surface area contributed by atoms with Gasteiger partial charge in [0, 0.05) is 11.1 Å². The molecule has 1 saturated carbocycles. The molecule has 0 radical (unpaired) electrons. The van der Waals surface area contributed by atoms with Crippen LogP contribution in [0.1, 0.15) is 38.5 Å². The van der Waals surface area contributed by atoms with Crippen LogP contribution >= 0.6 is 0 Å². The van der Waals surface area contributed by atoms with Gasteiger partial charge in [0.2, 0.25) is 0 Å². The molecule has 0 bridgehead atoms. The van der Waals surface area contributed by atoms with Gasteiger partial charge in [0.25, 0.3) is 0 Å². The number of hydrogen-bond donors (Lipinski definition) is 4. The lowest BCUT2D eigenvalue weighted by Crippen LogP contribution is -2.15. The molecule has 0 saturated heterocycles. The van der Waals surface area contributed by atoms with Gasteiger partial charge < -0.3 is 11.5 Å². The van der Waals surface area contributed by atoms with Crippen molar-refractivity contribution in [2.24, 2.45) is 23.3 Å². The monoisotopic (exact) mass is 376 g/mol.